The number of fused-ring (bicyclic) bond motifs is 2. The van der Waals surface area contributed by atoms with Crippen molar-refractivity contribution in [3.63, 3.8) is 0 Å². The van der Waals surface area contributed by atoms with Gasteiger partial charge in [-0.3, -0.25) is 9.69 Å². The van der Waals surface area contributed by atoms with Crippen LogP contribution in [0.2, 0.25) is 0 Å². The van der Waals surface area contributed by atoms with Crippen LogP contribution in [0.1, 0.15) is 64.2 Å². The van der Waals surface area contributed by atoms with E-state index in [1.165, 1.54) is 44.9 Å². The van der Waals surface area contributed by atoms with Gasteiger partial charge in [-0.1, -0.05) is 19.3 Å². The van der Waals surface area contributed by atoms with Gasteiger partial charge in [0.1, 0.15) is 0 Å². The summed E-state index contributed by atoms with van der Waals surface area (Å²) < 4.78 is 0. The molecular weight excluding hydrogens is 264 g/mol. The summed E-state index contributed by atoms with van der Waals surface area (Å²) >= 11 is 0. The van der Waals surface area contributed by atoms with E-state index in [1.54, 1.807) is 0 Å². The fraction of sp³-hybridized carbons (Fsp3) is 0.941. The Bertz CT molecular complexity index is 378. The Kier molecular flexibility index (Phi) is 4.28. The van der Waals surface area contributed by atoms with E-state index in [2.05, 4.69) is 23.9 Å². The van der Waals surface area contributed by atoms with Crippen molar-refractivity contribution in [1.82, 2.24) is 9.80 Å². The van der Waals surface area contributed by atoms with E-state index in [4.69, 9.17) is 0 Å². The molecule has 0 aromatic rings. The third-order valence-electron chi connectivity index (χ3n) is 6.63. The van der Waals surface area contributed by atoms with Crippen molar-refractivity contribution in [2.45, 2.75) is 87.9 Å². The maximum Gasteiger partial charge on any atom is 0.305 e. The first-order valence-electron chi connectivity index (χ1n) is 8.68. The summed E-state index contributed by atoms with van der Waals surface area (Å²) in [6, 6.07) is 2.03. The molecule has 0 amide bonds. The van der Waals surface area contributed by atoms with Crippen molar-refractivity contribution in [2.24, 2.45) is 0 Å². The highest BCUT2D eigenvalue weighted by Gasteiger charge is 2.46. The molecule has 3 fully saturated rings. The van der Waals surface area contributed by atoms with Crippen LogP contribution in [0.25, 0.3) is 0 Å². The molecule has 2 bridgehead atoms. The zero-order chi connectivity index (χ0) is 15.0. The normalized spacial score (nSPS) is 36.0. The van der Waals surface area contributed by atoms with Gasteiger partial charge in [-0.05, 0) is 52.6 Å². The van der Waals surface area contributed by atoms with Crippen LogP contribution < -0.4 is 0 Å². The first-order valence-corrected chi connectivity index (χ1v) is 8.68. The Morgan fingerprint density at radius 2 is 1.76 bits per heavy atom. The Balaban J connectivity index is 1.75. The number of carboxylic acid groups (broad SMARTS) is 1. The quantitative estimate of drug-likeness (QED) is 0.866. The molecule has 3 rings (SSSR count). The topological polar surface area (TPSA) is 43.8 Å². The van der Waals surface area contributed by atoms with Crippen molar-refractivity contribution in [3.8, 4) is 0 Å². The standard InChI is InChI=1S/C17H30N2O2/c1-18-13-6-7-14(18)11-15(10-13)19(2)17(12-16(20)21)8-4-3-5-9-17/h13-15H,3-12H2,1-2H3,(H,20,21). The fourth-order valence-electron chi connectivity index (χ4n) is 5.23. The van der Waals surface area contributed by atoms with E-state index in [-0.39, 0.29) is 5.54 Å². The summed E-state index contributed by atoms with van der Waals surface area (Å²) in [7, 11) is 4.48. The van der Waals surface area contributed by atoms with Crippen LogP contribution in [0.15, 0.2) is 0 Å². The Morgan fingerprint density at radius 1 is 1.19 bits per heavy atom. The molecule has 0 radical (unpaired) electrons. The molecule has 21 heavy (non-hydrogen) atoms. The summed E-state index contributed by atoms with van der Waals surface area (Å²) in [5.74, 6) is -0.625. The van der Waals surface area contributed by atoms with Crippen LogP contribution in [0.3, 0.4) is 0 Å². The zero-order valence-corrected chi connectivity index (χ0v) is 13.6. The lowest BCUT2D eigenvalue weighted by atomic mass is 9.76. The predicted octanol–water partition coefficient (Wildman–Crippen LogP) is 2.72. The molecule has 2 unspecified atom stereocenters. The third kappa shape index (κ3) is 2.85. The molecule has 0 aromatic carbocycles. The molecule has 4 nitrogen and oxygen atoms in total. The number of carbonyl (C=O) groups is 1. The van der Waals surface area contributed by atoms with Gasteiger partial charge in [0.2, 0.25) is 0 Å². The summed E-state index contributed by atoms with van der Waals surface area (Å²) in [5, 5.41) is 9.40. The lowest BCUT2D eigenvalue weighted by Crippen LogP contribution is -2.57. The van der Waals surface area contributed by atoms with Crippen LogP contribution in [0, 0.1) is 0 Å². The average Bonchev–Trinajstić information content (AvgIpc) is 2.68. The van der Waals surface area contributed by atoms with E-state index < -0.39 is 5.97 Å². The van der Waals surface area contributed by atoms with Gasteiger partial charge < -0.3 is 10.0 Å². The van der Waals surface area contributed by atoms with E-state index in [0.717, 1.165) is 24.9 Å². The van der Waals surface area contributed by atoms with Gasteiger partial charge in [0.05, 0.1) is 6.42 Å². The molecule has 1 N–H and O–H groups in total. The van der Waals surface area contributed by atoms with Gasteiger partial charge in [0, 0.05) is 23.7 Å². The molecule has 2 atom stereocenters. The molecule has 120 valence electrons. The number of carboxylic acids is 1. The molecule has 0 spiro atoms. The number of nitrogens with zero attached hydrogens (tertiary/aromatic N) is 2. The molecule has 1 aliphatic carbocycles. The second-order valence-corrected chi connectivity index (χ2v) is 7.64. The van der Waals surface area contributed by atoms with Crippen LogP contribution in [0.5, 0.6) is 0 Å². The minimum atomic E-state index is -0.625. The van der Waals surface area contributed by atoms with E-state index in [9.17, 15) is 9.90 Å². The van der Waals surface area contributed by atoms with Crippen LogP contribution in [-0.2, 0) is 4.79 Å². The Morgan fingerprint density at radius 3 is 2.29 bits per heavy atom. The van der Waals surface area contributed by atoms with Crippen molar-refractivity contribution in [1.29, 1.82) is 0 Å². The number of hydrogen-bond acceptors (Lipinski definition) is 3. The van der Waals surface area contributed by atoms with Crippen molar-refractivity contribution >= 4 is 5.97 Å². The van der Waals surface area contributed by atoms with Crippen molar-refractivity contribution in [3.05, 3.63) is 0 Å². The molecule has 2 heterocycles. The van der Waals surface area contributed by atoms with Gasteiger partial charge >= 0.3 is 5.97 Å². The monoisotopic (exact) mass is 294 g/mol. The highest BCUT2D eigenvalue weighted by atomic mass is 16.4. The fourth-order valence-corrected chi connectivity index (χ4v) is 5.23. The Labute approximate surface area is 128 Å². The van der Waals surface area contributed by atoms with Crippen LogP contribution in [0.4, 0.5) is 0 Å². The summed E-state index contributed by atoms with van der Waals surface area (Å²) in [6.45, 7) is 0. The summed E-state index contributed by atoms with van der Waals surface area (Å²) in [5.41, 5.74) is -0.0793. The smallest absolute Gasteiger partial charge is 0.305 e. The highest BCUT2D eigenvalue weighted by molar-refractivity contribution is 5.68. The van der Waals surface area contributed by atoms with Crippen molar-refractivity contribution < 1.29 is 9.90 Å². The maximum absolute atomic E-state index is 11.4. The summed E-state index contributed by atoms with van der Waals surface area (Å²) in [6.07, 6.45) is 11.2. The van der Waals surface area contributed by atoms with Gasteiger partial charge in [-0.2, -0.15) is 0 Å². The molecule has 4 heteroatoms. The van der Waals surface area contributed by atoms with E-state index >= 15 is 0 Å². The largest absolute Gasteiger partial charge is 0.481 e. The number of hydrogen-bond donors (Lipinski definition) is 1. The SMILES string of the molecule is CN1C2CCC1CC(N(C)C1(CC(=O)O)CCCCC1)C2. The first kappa shape index (κ1) is 15.3. The van der Waals surface area contributed by atoms with Gasteiger partial charge in [0.15, 0.2) is 0 Å². The molecular formula is C17H30N2O2. The first-order chi connectivity index (χ1) is 10.0. The van der Waals surface area contributed by atoms with Crippen molar-refractivity contribution in [2.75, 3.05) is 14.1 Å². The van der Waals surface area contributed by atoms with E-state index in [1.807, 2.05) is 0 Å². The molecule has 0 aromatic heterocycles. The minimum absolute atomic E-state index is 0.0793. The second kappa shape index (κ2) is 5.88. The van der Waals surface area contributed by atoms with Crippen LogP contribution in [-0.4, -0.2) is 58.6 Å². The number of piperidine rings is 1. The van der Waals surface area contributed by atoms with Gasteiger partial charge in [-0.25, -0.2) is 0 Å². The highest BCUT2D eigenvalue weighted by Crippen LogP contribution is 2.42. The zero-order valence-electron chi connectivity index (χ0n) is 13.6. The number of rotatable bonds is 4. The molecule has 1 saturated carbocycles. The van der Waals surface area contributed by atoms with E-state index in [0.29, 0.717) is 12.5 Å². The second-order valence-electron chi connectivity index (χ2n) is 7.64. The molecule has 3 aliphatic rings. The summed E-state index contributed by atoms with van der Waals surface area (Å²) in [4.78, 5) is 16.5. The lowest BCUT2D eigenvalue weighted by molar-refractivity contribution is -0.142. The Hall–Kier alpha value is -0.610. The van der Waals surface area contributed by atoms with Crippen LogP contribution >= 0.6 is 0 Å². The molecule has 2 saturated heterocycles. The predicted molar refractivity (Wildman–Crippen MR) is 83.4 cm³/mol. The number of aliphatic carboxylic acids is 1. The average molecular weight is 294 g/mol. The maximum atomic E-state index is 11.4. The minimum Gasteiger partial charge on any atom is -0.481 e. The lowest BCUT2D eigenvalue weighted by Gasteiger charge is -2.50. The van der Waals surface area contributed by atoms with Gasteiger partial charge in [-0.15, -0.1) is 0 Å². The van der Waals surface area contributed by atoms with Gasteiger partial charge in [0.25, 0.3) is 0 Å². The molecule has 2 aliphatic heterocycles. The third-order valence-corrected chi connectivity index (χ3v) is 6.63.